The first-order chi connectivity index (χ1) is 9.83. The van der Waals surface area contributed by atoms with Crippen LogP contribution < -0.4 is 5.32 Å². The summed E-state index contributed by atoms with van der Waals surface area (Å²) < 4.78 is 18.0. The first-order valence-electron chi connectivity index (χ1n) is 5.90. The Labute approximate surface area is 128 Å². The number of benzene rings is 1. The lowest BCUT2D eigenvalue weighted by atomic mass is 10.1. The van der Waals surface area contributed by atoms with Gasteiger partial charge in [-0.15, -0.1) is 0 Å². The topological polar surface area (TPSA) is 92.7 Å². The molecule has 0 aliphatic rings. The molecular weight excluding hydrogens is 349 g/mol. The van der Waals surface area contributed by atoms with E-state index in [4.69, 9.17) is 5.11 Å². The molecule has 1 aromatic rings. The number of carboxylic acids is 1. The minimum absolute atomic E-state index is 0.0220. The maximum atomic E-state index is 13.2. The highest BCUT2D eigenvalue weighted by molar-refractivity contribution is 9.10. The Bertz CT molecular complexity index is 543. The molecule has 0 saturated carbocycles. The smallest absolute Gasteiger partial charge is 0.326 e. The number of carbonyl (C=O) groups is 3. The van der Waals surface area contributed by atoms with Crippen molar-refractivity contribution in [2.45, 2.75) is 18.9 Å². The molecule has 0 bridgehead atoms. The lowest BCUT2D eigenvalue weighted by molar-refractivity contribution is -0.142. The second-order valence-electron chi connectivity index (χ2n) is 4.14. The van der Waals surface area contributed by atoms with Gasteiger partial charge in [0.1, 0.15) is 11.9 Å². The number of methoxy groups -OCH3 is 1. The minimum atomic E-state index is -1.29. The molecule has 114 valence electrons. The predicted molar refractivity (Wildman–Crippen MR) is 74.2 cm³/mol. The van der Waals surface area contributed by atoms with Gasteiger partial charge in [-0.05, 0) is 24.6 Å². The zero-order valence-corrected chi connectivity index (χ0v) is 12.6. The highest BCUT2D eigenvalue weighted by Crippen LogP contribution is 2.15. The van der Waals surface area contributed by atoms with Crippen LogP contribution >= 0.6 is 15.9 Å². The van der Waals surface area contributed by atoms with E-state index in [-0.39, 0.29) is 18.4 Å². The Kier molecular flexibility index (Phi) is 6.29. The molecular formula is C13H13BrFNO5. The van der Waals surface area contributed by atoms with Crippen LogP contribution in [0.1, 0.15) is 23.2 Å². The van der Waals surface area contributed by atoms with E-state index in [1.807, 2.05) is 0 Å². The number of hydrogen-bond donors (Lipinski definition) is 2. The summed E-state index contributed by atoms with van der Waals surface area (Å²) >= 11 is 3.04. The zero-order chi connectivity index (χ0) is 16.0. The highest BCUT2D eigenvalue weighted by atomic mass is 79.9. The van der Waals surface area contributed by atoms with Crippen molar-refractivity contribution in [1.82, 2.24) is 5.32 Å². The molecule has 1 rings (SSSR count). The van der Waals surface area contributed by atoms with Crippen LogP contribution in [-0.2, 0) is 14.3 Å². The zero-order valence-electron chi connectivity index (χ0n) is 11.1. The number of halogens is 2. The molecule has 1 atom stereocenters. The molecule has 0 aliphatic heterocycles. The van der Waals surface area contributed by atoms with Gasteiger partial charge in [0.2, 0.25) is 0 Å². The van der Waals surface area contributed by atoms with E-state index in [0.717, 1.165) is 6.07 Å². The third-order valence-electron chi connectivity index (χ3n) is 2.59. The van der Waals surface area contributed by atoms with Crippen molar-refractivity contribution in [3.05, 3.63) is 34.1 Å². The number of aliphatic carboxylic acids is 1. The SMILES string of the molecule is COC(=O)CC[C@@H](NC(=O)c1cc(F)cc(Br)c1)C(=O)O. The van der Waals surface area contributed by atoms with Gasteiger partial charge in [-0.25, -0.2) is 9.18 Å². The van der Waals surface area contributed by atoms with Gasteiger partial charge < -0.3 is 15.2 Å². The molecule has 0 aliphatic carbocycles. The van der Waals surface area contributed by atoms with Crippen molar-refractivity contribution in [3.63, 3.8) is 0 Å². The van der Waals surface area contributed by atoms with Crippen LogP contribution in [0.15, 0.2) is 22.7 Å². The van der Waals surface area contributed by atoms with Crippen LogP contribution in [-0.4, -0.2) is 36.1 Å². The van der Waals surface area contributed by atoms with E-state index in [1.165, 1.54) is 19.2 Å². The molecule has 0 heterocycles. The minimum Gasteiger partial charge on any atom is -0.480 e. The van der Waals surface area contributed by atoms with Crippen LogP contribution in [0.2, 0.25) is 0 Å². The van der Waals surface area contributed by atoms with E-state index < -0.39 is 29.7 Å². The number of rotatable bonds is 6. The largest absolute Gasteiger partial charge is 0.480 e. The number of esters is 1. The summed E-state index contributed by atoms with van der Waals surface area (Å²) in [6.45, 7) is 0. The normalized spacial score (nSPS) is 11.6. The average molecular weight is 362 g/mol. The van der Waals surface area contributed by atoms with Crippen LogP contribution in [0.3, 0.4) is 0 Å². The quantitative estimate of drug-likeness (QED) is 0.752. The number of amides is 1. The third kappa shape index (κ3) is 5.50. The molecule has 0 saturated heterocycles. The number of hydrogen-bond acceptors (Lipinski definition) is 4. The Morgan fingerprint density at radius 3 is 2.57 bits per heavy atom. The van der Waals surface area contributed by atoms with Crippen molar-refractivity contribution in [1.29, 1.82) is 0 Å². The predicted octanol–water partition coefficient (Wildman–Crippen LogP) is 1.72. The summed E-state index contributed by atoms with van der Waals surface area (Å²) in [5.74, 6) is -3.24. The van der Waals surface area contributed by atoms with E-state index in [1.54, 1.807) is 0 Å². The molecule has 1 amide bonds. The molecule has 0 aromatic heterocycles. The van der Waals surface area contributed by atoms with Gasteiger partial charge in [0.15, 0.2) is 0 Å². The molecule has 2 N–H and O–H groups in total. The van der Waals surface area contributed by atoms with Crippen LogP contribution in [0, 0.1) is 5.82 Å². The third-order valence-corrected chi connectivity index (χ3v) is 3.05. The second kappa shape index (κ2) is 7.72. The summed E-state index contributed by atoms with van der Waals surface area (Å²) in [4.78, 5) is 34.0. The standard InChI is InChI=1S/C13H13BrFNO5/c1-21-11(17)3-2-10(13(19)20)16-12(18)7-4-8(14)6-9(15)5-7/h4-6,10H,2-3H2,1H3,(H,16,18)(H,19,20)/t10-/m1/s1. The number of nitrogens with one attached hydrogen (secondary N) is 1. The summed E-state index contributed by atoms with van der Waals surface area (Å²) in [6.07, 6.45) is -0.273. The van der Waals surface area contributed by atoms with Crippen molar-refractivity contribution in [3.8, 4) is 0 Å². The molecule has 0 fully saturated rings. The van der Waals surface area contributed by atoms with E-state index in [9.17, 15) is 18.8 Å². The summed E-state index contributed by atoms with van der Waals surface area (Å²) in [6, 6.07) is 2.25. The van der Waals surface area contributed by atoms with Crippen LogP contribution in [0.25, 0.3) is 0 Å². The average Bonchev–Trinajstić information content (AvgIpc) is 2.41. The van der Waals surface area contributed by atoms with E-state index in [0.29, 0.717) is 4.47 Å². The Morgan fingerprint density at radius 2 is 2.05 bits per heavy atom. The van der Waals surface area contributed by atoms with Gasteiger partial charge in [-0.3, -0.25) is 9.59 Å². The molecule has 6 nitrogen and oxygen atoms in total. The Balaban J connectivity index is 2.76. The summed E-state index contributed by atoms with van der Waals surface area (Å²) in [5.41, 5.74) is -0.0220. The Hall–Kier alpha value is -1.96. The van der Waals surface area contributed by atoms with Gasteiger partial charge in [0.25, 0.3) is 5.91 Å². The Morgan fingerprint density at radius 1 is 1.38 bits per heavy atom. The first kappa shape index (κ1) is 17.1. The molecule has 0 spiro atoms. The molecule has 8 heteroatoms. The second-order valence-corrected chi connectivity index (χ2v) is 5.05. The molecule has 1 aromatic carbocycles. The van der Waals surface area contributed by atoms with Gasteiger partial charge in [-0.2, -0.15) is 0 Å². The molecule has 0 radical (unpaired) electrons. The fourth-order valence-corrected chi connectivity index (χ4v) is 2.01. The molecule has 21 heavy (non-hydrogen) atoms. The van der Waals surface area contributed by atoms with Crippen molar-refractivity contribution < 1.29 is 28.6 Å². The fraction of sp³-hybridized carbons (Fsp3) is 0.308. The lowest BCUT2D eigenvalue weighted by Crippen LogP contribution is -2.41. The highest BCUT2D eigenvalue weighted by Gasteiger charge is 2.22. The van der Waals surface area contributed by atoms with Gasteiger partial charge in [-0.1, -0.05) is 15.9 Å². The number of carboxylic acid groups (broad SMARTS) is 1. The molecule has 0 unspecified atom stereocenters. The van der Waals surface area contributed by atoms with Crippen LogP contribution in [0.4, 0.5) is 4.39 Å². The summed E-state index contributed by atoms with van der Waals surface area (Å²) in [5, 5.41) is 11.2. The summed E-state index contributed by atoms with van der Waals surface area (Å²) in [7, 11) is 1.18. The lowest BCUT2D eigenvalue weighted by Gasteiger charge is -2.14. The van der Waals surface area contributed by atoms with E-state index >= 15 is 0 Å². The maximum Gasteiger partial charge on any atom is 0.326 e. The maximum absolute atomic E-state index is 13.2. The van der Waals surface area contributed by atoms with Crippen molar-refractivity contribution >= 4 is 33.8 Å². The number of carbonyl (C=O) groups excluding carboxylic acids is 2. The monoisotopic (exact) mass is 361 g/mol. The van der Waals surface area contributed by atoms with E-state index in [2.05, 4.69) is 26.0 Å². The van der Waals surface area contributed by atoms with Crippen LogP contribution in [0.5, 0.6) is 0 Å². The van der Waals surface area contributed by atoms with Crippen molar-refractivity contribution in [2.75, 3.05) is 7.11 Å². The van der Waals surface area contributed by atoms with Crippen molar-refractivity contribution in [2.24, 2.45) is 0 Å². The number of ether oxygens (including phenoxy) is 1. The van der Waals surface area contributed by atoms with Gasteiger partial charge in [0.05, 0.1) is 7.11 Å². The van der Waals surface area contributed by atoms with Gasteiger partial charge in [0, 0.05) is 16.5 Å². The first-order valence-corrected chi connectivity index (χ1v) is 6.69. The van der Waals surface area contributed by atoms with Gasteiger partial charge >= 0.3 is 11.9 Å². The fourth-order valence-electron chi connectivity index (χ4n) is 1.55.